The summed E-state index contributed by atoms with van der Waals surface area (Å²) in [7, 11) is 0. The lowest BCUT2D eigenvalue weighted by molar-refractivity contribution is -0.146. The molecule has 1 N–H and O–H groups in total. The van der Waals surface area contributed by atoms with E-state index in [2.05, 4.69) is 12.2 Å². The summed E-state index contributed by atoms with van der Waals surface area (Å²) in [5.41, 5.74) is 0.987. The zero-order valence-electron chi connectivity index (χ0n) is 11.8. The summed E-state index contributed by atoms with van der Waals surface area (Å²) in [5.74, 6) is 0.573. The molecule has 0 radical (unpaired) electrons. The van der Waals surface area contributed by atoms with Crippen LogP contribution in [-0.2, 0) is 9.53 Å². The molecule has 3 heteroatoms. The van der Waals surface area contributed by atoms with Gasteiger partial charge < -0.3 is 4.74 Å². The molecule has 3 atom stereocenters. The van der Waals surface area contributed by atoms with Crippen molar-refractivity contribution in [2.45, 2.75) is 45.2 Å². The van der Waals surface area contributed by atoms with E-state index in [1.165, 1.54) is 6.42 Å². The van der Waals surface area contributed by atoms with Crippen LogP contribution in [0.5, 0.6) is 0 Å². The molecule has 2 rings (SSSR count). The van der Waals surface area contributed by atoms with Gasteiger partial charge in [0.25, 0.3) is 0 Å². The Morgan fingerprint density at radius 3 is 2.68 bits per heavy atom. The average molecular weight is 261 g/mol. The van der Waals surface area contributed by atoms with Crippen LogP contribution in [0, 0.1) is 5.92 Å². The summed E-state index contributed by atoms with van der Waals surface area (Å²) in [5, 5.41) is 3.47. The van der Waals surface area contributed by atoms with Gasteiger partial charge in [0, 0.05) is 6.04 Å². The molecule has 0 aromatic heterocycles. The minimum Gasteiger partial charge on any atom is -0.465 e. The van der Waals surface area contributed by atoms with Crippen LogP contribution < -0.4 is 5.32 Å². The molecular formula is C16H23NO2. The first-order chi connectivity index (χ1) is 9.20. The molecule has 3 unspecified atom stereocenters. The average Bonchev–Trinajstić information content (AvgIpc) is 2.83. The molecule has 3 nitrogen and oxygen atoms in total. The van der Waals surface area contributed by atoms with Crippen LogP contribution in [0.15, 0.2) is 30.3 Å². The van der Waals surface area contributed by atoms with Gasteiger partial charge in [0.2, 0.25) is 0 Å². The Labute approximate surface area is 115 Å². The van der Waals surface area contributed by atoms with E-state index in [9.17, 15) is 4.79 Å². The van der Waals surface area contributed by atoms with E-state index in [0.29, 0.717) is 12.6 Å². The van der Waals surface area contributed by atoms with E-state index < -0.39 is 0 Å². The van der Waals surface area contributed by atoms with Gasteiger partial charge in [0.15, 0.2) is 0 Å². The fourth-order valence-corrected chi connectivity index (χ4v) is 2.77. The van der Waals surface area contributed by atoms with Crippen molar-refractivity contribution < 1.29 is 9.53 Å². The SMILES string of the molecule is CCOC(=O)C(NC1CCC(C)C1)c1ccccc1. The summed E-state index contributed by atoms with van der Waals surface area (Å²) in [6, 6.07) is 9.92. The van der Waals surface area contributed by atoms with Crippen molar-refractivity contribution in [3.8, 4) is 0 Å². The predicted molar refractivity (Wildman–Crippen MR) is 75.8 cm³/mol. The highest BCUT2D eigenvalue weighted by Crippen LogP contribution is 2.27. The Balaban J connectivity index is 2.08. The molecule has 0 bridgehead atoms. The summed E-state index contributed by atoms with van der Waals surface area (Å²) in [4.78, 5) is 12.1. The largest absolute Gasteiger partial charge is 0.465 e. The van der Waals surface area contributed by atoms with E-state index in [1.54, 1.807) is 0 Å². The first kappa shape index (κ1) is 14.1. The number of hydrogen-bond donors (Lipinski definition) is 1. The molecule has 0 heterocycles. The molecule has 1 aromatic carbocycles. The first-order valence-electron chi connectivity index (χ1n) is 7.18. The second-order valence-corrected chi connectivity index (χ2v) is 5.38. The zero-order chi connectivity index (χ0) is 13.7. The van der Waals surface area contributed by atoms with Gasteiger partial charge >= 0.3 is 5.97 Å². The van der Waals surface area contributed by atoms with E-state index in [1.807, 2.05) is 37.3 Å². The van der Waals surface area contributed by atoms with Crippen LogP contribution in [-0.4, -0.2) is 18.6 Å². The molecule has 0 amide bonds. The number of carbonyl (C=O) groups excluding carboxylic acids is 1. The third-order valence-corrected chi connectivity index (χ3v) is 3.75. The lowest BCUT2D eigenvalue weighted by Crippen LogP contribution is -2.36. The Morgan fingerprint density at radius 1 is 1.37 bits per heavy atom. The topological polar surface area (TPSA) is 38.3 Å². The van der Waals surface area contributed by atoms with Gasteiger partial charge in [-0.25, -0.2) is 4.79 Å². The lowest BCUT2D eigenvalue weighted by Gasteiger charge is -2.22. The second kappa shape index (κ2) is 6.71. The van der Waals surface area contributed by atoms with Crippen molar-refractivity contribution in [3.63, 3.8) is 0 Å². The number of benzene rings is 1. The third kappa shape index (κ3) is 3.80. The monoisotopic (exact) mass is 261 g/mol. The highest BCUT2D eigenvalue weighted by Gasteiger charge is 2.28. The predicted octanol–water partition coefficient (Wildman–Crippen LogP) is 3.07. The molecule has 1 aliphatic rings. The normalized spacial score (nSPS) is 24.1. The van der Waals surface area contributed by atoms with Gasteiger partial charge in [0.05, 0.1) is 6.61 Å². The van der Waals surface area contributed by atoms with Gasteiger partial charge in [-0.1, -0.05) is 37.3 Å². The molecule has 0 spiro atoms. The lowest BCUT2D eigenvalue weighted by atomic mass is 10.0. The fourth-order valence-electron chi connectivity index (χ4n) is 2.77. The number of hydrogen-bond acceptors (Lipinski definition) is 3. The van der Waals surface area contributed by atoms with Crippen LogP contribution in [0.1, 0.15) is 44.7 Å². The molecule has 19 heavy (non-hydrogen) atoms. The summed E-state index contributed by atoms with van der Waals surface area (Å²) in [6.07, 6.45) is 3.52. The Hall–Kier alpha value is -1.35. The van der Waals surface area contributed by atoms with Crippen molar-refractivity contribution in [2.24, 2.45) is 5.92 Å². The standard InChI is InChI=1S/C16H23NO2/c1-3-19-16(18)15(13-7-5-4-6-8-13)17-14-10-9-12(2)11-14/h4-8,12,14-15,17H,3,9-11H2,1-2H3. The molecule has 104 valence electrons. The van der Waals surface area contributed by atoms with E-state index in [-0.39, 0.29) is 12.0 Å². The molecular weight excluding hydrogens is 238 g/mol. The van der Waals surface area contributed by atoms with Crippen molar-refractivity contribution in [2.75, 3.05) is 6.61 Å². The second-order valence-electron chi connectivity index (χ2n) is 5.38. The molecule has 1 fully saturated rings. The first-order valence-corrected chi connectivity index (χ1v) is 7.18. The quantitative estimate of drug-likeness (QED) is 0.828. The van der Waals surface area contributed by atoms with Gasteiger partial charge in [-0.05, 0) is 37.7 Å². The Bertz CT molecular complexity index is 404. The summed E-state index contributed by atoms with van der Waals surface area (Å²) >= 11 is 0. The van der Waals surface area contributed by atoms with E-state index >= 15 is 0 Å². The smallest absolute Gasteiger partial charge is 0.327 e. The maximum atomic E-state index is 12.1. The van der Waals surface area contributed by atoms with Crippen molar-refractivity contribution in [1.29, 1.82) is 0 Å². The fraction of sp³-hybridized carbons (Fsp3) is 0.562. The molecule has 1 aliphatic carbocycles. The molecule has 1 saturated carbocycles. The van der Waals surface area contributed by atoms with Crippen LogP contribution in [0.25, 0.3) is 0 Å². The van der Waals surface area contributed by atoms with E-state index in [4.69, 9.17) is 4.74 Å². The van der Waals surface area contributed by atoms with Crippen LogP contribution in [0.3, 0.4) is 0 Å². The maximum Gasteiger partial charge on any atom is 0.327 e. The minimum atomic E-state index is -0.337. The van der Waals surface area contributed by atoms with Gasteiger partial charge in [-0.15, -0.1) is 0 Å². The maximum absolute atomic E-state index is 12.1. The van der Waals surface area contributed by atoms with Crippen molar-refractivity contribution in [1.82, 2.24) is 5.32 Å². The third-order valence-electron chi connectivity index (χ3n) is 3.75. The number of nitrogens with one attached hydrogen (secondary N) is 1. The van der Waals surface area contributed by atoms with Crippen molar-refractivity contribution >= 4 is 5.97 Å². The highest BCUT2D eigenvalue weighted by molar-refractivity contribution is 5.77. The van der Waals surface area contributed by atoms with Gasteiger partial charge in [0.1, 0.15) is 6.04 Å². The number of ether oxygens (including phenoxy) is 1. The van der Waals surface area contributed by atoms with Crippen LogP contribution in [0.4, 0.5) is 0 Å². The van der Waals surface area contributed by atoms with E-state index in [0.717, 1.165) is 24.3 Å². The minimum absolute atomic E-state index is 0.173. The summed E-state index contributed by atoms with van der Waals surface area (Å²) in [6.45, 7) is 4.53. The highest BCUT2D eigenvalue weighted by atomic mass is 16.5. The number of rotatable bonds is 5. The van der Waals surface area contributed by atoms with Crippen LogP contribution in [0.2, 0.25) is 0 Å². The van der Waals surface area contributed by atoms with Crippen LogP contribution >= 0.6 is 0 Å². The number of carbonyl (C=O) groups is 1. The Kier molecular flexibility index (Phi) is 4.97. The molecule has 0 aliphatic heterocycles. The Morgan fingerprint density at radius 2 is 2.11 bits per heavy atom. The number of esters is 1. The molecule has 0 saturated heterocycles. The van der Waals surface area contributed by atoms with Gasteiger partial charge in [-0.3, -0.25) is 5.32 Å². The van der Waals surface area contributed by atoms with Crippen molar-refractivity contribution in [3.05, 3.63) is 35.9 Å². The summed E-state index contributed by atoms with van der Waals surface area (Å²) < 4.78 is 5.19. The van der Waals surface area contributed by atoms with Gasteiger partial charge in [-0.2, -0.15) is 0 Å². The molecule has 1 aromatic rings. The zero-order valence-corrected chi connectivity index (χ0v) is 11.8.